The van der Waals surface area contributed by atoms with Gasteiger partial charge in [0, 0.05) is 11.0 Å². The molecule has 110 valence electrons. The molecule has 0 saturated carbocycles. The lowest BCUT2D eigenvalue weighted by Gasteiger charge is -2.17. The van der Waals surface area contributed by atoms with E-state index in [9.17, 15) is 14.3 Å². The number of benzene rings is 1. The van der Waals surface area contributed by atoms with Gasteiger partial charge >= 0.3 is 0 Å². The summed E-state index contributed by atoms with van der Waals surface area (Å²) in [4.78, 5) is 13.9. The highest BCUT2D eigenvalue weighted by Gasteiger charge is 2.27. The smallest absolute Gasteiger partial charge is 0.238 e. The second-order valence-electron chi connectivity index (χ2n) is 5.20. The maximum atomic E-state index is 13.6. The first-order valence-electron chi connectivity index (χ1n) is 6.61. The van der Waals surface area contributed by atoms with Crippen LogP contribution in [-0.2, 0) is 4.79 Å². The summed E-state index contributed by atoms with van der Waals surface area (Å²) in [5.41, 5.74) is 0.185. The summed E-state index contributed by atoms with van der Waals surface area (Å²) in [5.74, 6) is -0.485. The fourth-order valence-electron chi connectivity index (χ4n) is 2.38. The van der Waals surface area contributed by atoms with Gasteiger partial charge in [-0.1, -0.05) is 15.9 Å². The van der Waals surface area contributed by atoms with Gasteiger partial charge in [-0.3, -0.25) is 9.69 Å². The Kier molecular flexibility index (Phi) is 5.12. The molecule has 1 aliphatic rings. The summed E-state index contributed by atoms with van der Waals surface area (Å²) in [6.07, 6.45) is 0.532. The molecule has 2 unspecified atom stereocenters. The average molecular weight is 345 g/mol. The van der Waals surface area contributed by atoms with Crippen molar-refractivity contribution in [3.8, 4) is 0 Å². The quantitative estimate of drug-likeness (QED) is 0.880. The normalized spacial score (nSPS) is 20.9. The van der Waals surface area contributed by atoms with Crippen LogP contribution in [0, 0.1) is 11.7 Å². The Balaban J connectivity index is 1.87. The largest absolute Gasteiger partial charge is 0.393 e. The number of carbonyl (C=O) groups is 1. The van der Waals surface area contributed by atoms with Crippen molar-refractivity contribution in [1.29, 1.82) is 0 Å². The first-order chi connectivity index (χ1) is 9.45. The zero-order valence-corrected chi connectivity index (χ0v) is 12.9. The predicted molar refractivity (Wildman–Crippen MR) is 79.0 cm³/mol. The Labute approximate surface area is 126 Å². The SMILES string of the molecule is CC(O)C1CCN(CC(=O)Nc2ccc(Br)cc2F)C1. The van der Waals surface area contributed by atoms with E-state index in [-0.39, 0.29) is 30.2 Å². The molecule has 1 aliphatic heterocycles. The molecule has 0 bridgehead atoms. The van der Waals surface area contributed by atoms with Crippen LogP contribution in [0.25, 0.3) is 0 Å². The lowest BCUT2D eigenvalue weighted by Crippen LogP contribution is -2.32. The van der Waals surface area contributed by atoms with E-state index in [1.54, 1.807) is 13.0 Å². The highest BCUT2D eigenvalue weighted by molar-refractivity contribution is 9.10. The summed E-state index contributed by atoms with van der Waals surface area (Å²) >= 11 is 3.17. The van der Waals surface area contributed by atoms with Gasteiger partial charge in [-0.15, -0.1) is 0 Å². The molecule has 1 saturated heterocycles. The molecule has 1 aromatic rings. The summed E-state index contributed by atoms with van der Waals surface area (Å²) in [5, 5.41) is 12.1. The van der Waals surface area contributed by atoms with Gasteiger partial charge in [0.1, 0.15) is 5.82 Å². The third-order valence-corrected chi connectivity index (χ3v) is 4.06. The predicted octanol–water partition coefficient (Wildman–Crippen LogP) is 2.23. The highest BCUT2D eigenvalue weighted by atomic mass is 79.9. The van der Waals surface area contributed by atoms with E-state index in [0.717, 1.165) is 13.0 Å². The van der Waals surface area contributed by atoms with Crippen molar-refractivity contribution >= 4 is 27.5 Å². The van der Waals surface area contributed by atoms with E-state index in [0.29, 0.717) is 11.0 Å². The van der Waals surface area contributed by atoms with Crippen molar-refractivity contribution in [2.75, 3.05) is 25.0 Å². The minimum Gasteiger partial charge on any atom is -0.393 e. The van der Waals surface area contributed by atoms with Gasteiger partial charge in [-0.2, -0.15) is 0 Å². The second-order valence-corrected chi connectivity index (χ2v) is 6.11. The van der Waals surface area contributed by atoms with Gasteiger partial charge in [-0.05, 0) is 44.0 Å². The Bertz CT molecular complexity index is 496. The molecule has 1 aromatic carbocycles. The fourth-order valence-corrected chi connectivity index (χ4v) is 2.72. The molecule has 0 aromatic heterocycles. The number of nitrogens with one attached hydrogen (secondary N) is 1. The van der Waals surface area contributed by atoms with E-state index in [4.69, 9.17) is 0 Å². The van der Waals surface area contributed by atoms with Crippen LogP contribution in [0.4, 0.5) is 10.1 Å². The highest BCUT2D eigenvalue weighted by Crippen LogP contribution is 2.21. The Morgan fingerprint density at radius 1 is 1.65 bits per heavy atom. The second kappa shape index (κ2) is 6.65. The number of aliphatic hydroxyl groups is 1. The fraction of sp³-hybridized carbons (Fsp3) is 0.500. The molecule has 1 fully saturated rings. The zero-order chi connectivity index (χ0) is 14.7. The molecule has 20 heavy (non-hydrogen) atoms. The van der Waals surface area contributed by atoms with Crippen LogP contribution in [0.1, 0.15) is 13.3 Å². The standard InChI is InChI=1S/C14H18BrFN2O2/c1-9(19)10-4-5-18(7-10)8-14(20)17-13-3-2-11(15)6-12(13)16/h2-3,6,9-10,19H,4-5,7-8H2,1H3,(H,17,20). The lowest BCUT2D eigenvalue weighted by molar-refractivity contribution is -0.117. The van der Waals surface area contributed by atoms with Crippen molar-refractivity contribution in [3.05, 3.63) is 28.5 Å². The number of hydrogen-bond acceptors (Lipinski definition) is 3. The molecular weight excluding hydrogens is 327 g/mol. The molecule has 2 atom stereocenters. The van der Waals surface area contributed by atoms with E-state index in [1.165, 1.54) is 12.1 Å². The Morgan fingerprint density at radius 2 is 2.40 bits per heavy atom. The van der Waals surface area contributed by atoms with Crippen molar-refractivity contribution in [3.63, 3.8) is 0 Å². The molecule has 0 radical (unpaired) electrons. The molecule has 2 rings (SSSR count). The van der Waals surface area contributed by atoms with Gasteiger partial charge in [0.2, 0.25) is 5.91 Å². The number of rotatable bonds is 4. The number of anilines is 1. The van der Waals surface area contributed by atoms with E-state index >= 15 is 0 Å². The van der Waals surface area contributed by atoms with Crippen molar-refractivity contribution < 1.29 is 14.3 Å². The maximum absolute atomic E-state index is 13.6. The van der Waals surface area contributed by atoms with Gasteiger partial charge in [-0.25, -0.2) is 4.39 Å². The summed E-state index contributed by atoms with van der Waals surface area (Å²) < 4.78 is 14.2. The monoisotopic (exact) mass is 344 g/mol. The van der Waals surface area contributed by atoms with Gasteiger partial charge in [0.25, 0.3) is 0 Å². The van der Waals surface area contributed by atoms with Crippen LogP contribution in [0.3, 0.4) is 0 Å². The van der Waals surface area contributed by atoms with Crippen LogP contribution in [0.15, 0.2) is 22.7 Å². The van der Waals surface area contributed by atoms with Gasteiger partial charge in [0.15, 0.2) is 0 Å². The summed E-state index contributed by atoms with van der Waals surface area (Å²) in [6.45, 7) is 3.48. The first kappa shape index (κ1) is 15.4. The molecule has 0 aliphatic carbocycles. The molecule has 6 heteroatoms. The lowest BCUT2D eigenvalue weighted by atomic mass is 10.0. The molecule has 1 heterocycles. The van der Waals surface area contributed by atoms with E-state index in [1.807, 2.05) is 4.90 Å². The third kappa shape index (κ3) is 4.01. The van der Waals surface area contributed by atoms with Crippen LogP contribution in [0.5, 0.6) is 0 Å². The number of aliphatic hydroxyl groups excluding tert-OH is 1. The summed E-state index contributed by atoms with van der Waals surface area (Å²) in [7, 11) is 0. The minimum atomic E-state index is -0.462. The number of amides is 1. The molecule has 4 nitrogen and oxygen atoms in total. The Hall–Kier alpha value is -0.980. The van der Waals surface area contributed by atoms with E-state index < -0.39 is 5.82 Å². The molecule has 2 N–H and O–H groups in total. The number of likely N-dealkylation sites (tertiary alicyclic amines) is 1. The zero-order valence-electron chi connectivity index (χ0n) is 11.3. The molecular formula is C14H18BrFN2O2. The van der Waals surface area contributed by atoms with Crippen LogP contribution in [0.2, 0.25) is 0 Å². The van der Waals surface area contributed by atoms with Crippen LogP contribution in [-0.4, -0.2) is 41.7 Å². The maximum Gasteiger partial charge on any atom is 0.238 e. The molecule has 1 amide bonds. The van der Waals surface area contributed by atoms with Crippen LogP contribution >= 0.6 is 15.9 Å². The number of hydrogen-bond donors (Lipinski definition) is 2. The molecule has 0 spiro atoms. The Morgan fingerprint density at radius 3 is 3.00 bits per heavy atom. The topological polar surface area (TPSA) is 52.6 Å². The minimum absolute atomic E-state index is 0.185. The van der Waals surface area contributed by atoms with Gasteiger partial charge in [0.05, 0.1) is 18.3 Å². The number of halogens is 2. The summed E-state index contributed by atoms with van der Waals surface area (Å²) in [6, 6.07) is 4.52. The number of nitrogens with zero attached hydrogens (tertiary/aromatic N) is 1. The van der Waals surface area contributed by atoms with Crippen molar-refractivity contribution in [2.45, 2.75) is 19.4 Å². The average Bonchev–Trinajstić information content (AvgIpc) is 2.81. The van der Waals surface area contributed by atoms with E-state index in [2.05, 4.69) is 21.2 Å². The van der Waals surface area contributed by atoms with Gasteiger partial charge < -0.3 is 10.4 Å². The third-order valence-electron chi connectivity index (χ3n) is 3.56. The van der Waals surface area contributed by atoms with Crippen molar-refractivity contribution in [2.24, 2.45) is 5.92 Å². The first-order valence-corrected chi connectivity index (χ1v) is 7.40. The number of carbonyl (C=O) groups excluding carboxylic acids is 1. The van der Waals surface area contributed by atoms with Crippen molar-refractivity contribution in [1.82, 2.24) is 4.90 Å². The van der Waals surface area contributed by atoms with Crippen LogP contribution < -0.4 is 5.32 Å².